The molecule has 10 aromatic rings. The molecule has 13 rings (SSSR count). The lowest BCUT2D eigenvalue weighted by Gasteiger charge is -2.28. The first-order chi connectivity index (χ1) is 51.5. The van der Waals surface area contributed by atoms with Gasteiger partial charge in [-0.15, -0.1) is 17.6 Å². The van der Waals surface area contributed by atoms with Crippen molar-refractivity contribution >= 4 is 58.7 Å². The van der Waals surface area contributed by atoms with Crippen LogP contribution in [0.3, 0.4) is 0 Å². The zero-order valence-electron chi connectivity index (χ0n) is 57.3. The predicted octanol–water partition coefficient (Wildman–Crippen LogP) is 8.08. The van der Waals surface area contributed by atoms with Gasteiger partial charge in [0.1, 0.15) is 44.5 Å². The molecule has 0 spiro atoms. The number of benzene rings is 2. The molecule has 0 aliphatic carbocycles. The molecule has 1 fully saturated rings. The standard InChI is InChI=1S/C25H24F2N4O6.C13H13NO3.C9H7F2NO4.C9H7NO4S.C8H9NO4.C6H7NO3/c1-15-2-3-17(29-24(33)19-13-20-21(14-28-19)37-25(26,27)36-20)12-18(15)16-10-22(31-4-7-34-8-5-31)30-23(11-16)35-9-6-32;15-8-11-6-12(16)13(7-14-11)17-9-10-4-2-1-3-5-10;1-5(13)14-4-6-2-7-8(3-12-6)16-9(10,11)15-7;1-5(11)12-4-6-2-7-8(3-10-6)14-9(15)13-7;1-5(10)13-4-6-2-7(11)8(12)3-9-6;8-3-4-1-5(9)6(10)2-7-4/h2-3,10-14,32H,4-9H2,1H3,(H,29,33);1-7,15H,8-9H2,(H,14,16);2-3H,4H2,1H3;2-3H,4H2,1H3;2-3,12H,4H2,1H3,(H,9,11);1-2,8,10H,3H2,(H,7,9). The number of carbonyl (C=O) groups excluding carboxylic acids is 4. The number of nitrogens with one attached hydrogen (secondary N) is 4. The minimum absolute atomic E-state index is 0.00481. The molecule has 38 heteroatoms. The van der Waals surface area contributed by atoms with E-state index in [-0.39, 0.29) is 108 Å². The highest BCUT2D eigenvalue weighted by molar-refractivity contribution is 7.71. The predicted molar refractivity (Wildman–Crippen MR) is 370 cm³/mol. The van der Waals surface area contributed by atoms with Crippen LogP contribution in [0.2, 0.25) is 0 Å². The van der Waals surface area contributed by atoms with Crippen molar-refractivity contribution in [3.63, 3.8) is 0 Å². The largest absolute Gasteiger partial charge is 0.586 e. The number of esters is 3. The van der Waals surface area contributed by atoms with Crippen LogP contribution in [0, 0.1) is 11.8 Å². The summed E-state index contributed by atoms with van der Waals surface area (Å²) in [5, 5.41) is 46.9. The molecule has 0 radical (unpaired) electrons. The van der Waals surface area contributed by atoms with Crippen LogP contribution in [0.1, 0.15) is 70.9 Å². The number of aromatic amines is 3. The summed E-state index contributed by atoms with van der Waals surface area (Å²) >= 11 is 4.72. The van der Waals surface area contributed by atoms with E-state index >= 15 is 0 Å². The normalized spacial score (nSPS) is 12.9. The fraction of sp³-hybridized carbons (Fsp3) is 0.257. The molecule has 3 aliphatic heterocycles. The summed E-state index contributed by atoms with van der Waals surface area (Å²) in [7, 11) is 0. The van der Waals surface area contributed by atoms with Gasteiger partial charge in [0.15, 0.2) is 51.4 Å². The SMILES string of the molecule is CC(=O)OCc1cc(=O)c(O)c[nH]1.CC(=O)OCc1cc2c(cn1)OC(F)(F)O2.CC(=O)OCc1cc2oc(=S)oc2cn1.Cc1ccc(NC(=O)c2cc3c(cn2)OC(F)(F)O3)cc1-c1cc(OCCO)nc(N2CCOCC2)c1.O=c1cc(CO)[nH]cc1O.O=c1cc(CO)[nH]cc1OCc1ccccc1. The van der Waals surface area contributed by atoms with Gasteiger partial charge < -0.3 is 107 Å². The van der Waals surface area contributed by atoms with E-state index in [2.05, 4.69) is 73.5 Å². The van der Waals surface area contributed by atoms with Crippen LogP contribution in [0.25, 0.3) is 22.3 Å². The van der Waals surface area contributed by atoms with Crippen molar-refractivity contribution in [2.45, 2.75) is 79.9 Å². The van der Waals surface area contributed by atoms with Crippen LogP contribution in [-0.4, -0.2) is 136 Å². The summed E-state index contributed by atoms with van der Waals surface area (Å²) in [6, 6.07) is 26.3. The Kier molecular flexibility index (Phi) is 28.7. The zero-order chi connectivity index (χ0) is 78.1. The maximum atomic E-state index is 13.3. The van der Waals surface area contributed by atoms with E-state index in [0.717, 1.165) is 59.2 Å². The molecule has 1 amide bonds. The van der Waals surface area contributed by atoms with Crippen LogP contribution in [0.5, 0.6) is 46.1 Å². The number of hydrogen-bond acceptors (Lipinski definition) is 30. The molecule has 570 valence electrons. The Balaban J connectivity index is 0.000000175. The zero-order valence-corrected chi connectivity index (χ0v) is 58.2. The van der Waals surface area contributed by atoms with Gasteiger partial charge in [-0.1, -0.05) is 36.4 Å². The third kappa shape index (κ3) is 25.0. The Hall–Kier alpha value is -12.8. The first-order valence-corrected chi connectivity index (χ1v) is 32.2. The van der Waals surface area contributed by atoms with Crippen molar-refractivity contribution < 1.29 is 118 Å². The van der Waals surface area contributed by atoms with Crippen molar-refractivity contribution in [3.05, 3.63) is 215 Å². The number of aliphatic hydroxyl groups excluding tert-OH is 3. The highest BCUT2D eigenvalue weighted by Crippen LogP contribution is 2.42. The van der Waals surface area contributed by atoms with Crippen molar-refractivity contribution in [1.29, 1.82) is 0 Å². The quantitative estimate of drug-likeness (QED) is 0.0169. The number of aromatic nitrogens is 7. The van der Waals surface area contributed by atoms with E-state index in [0.29, 0.717) is 89.9 Å². The smallest absolute Gasteiger partial charge is 0.503 e. The third-order valence-corrected chi connectivity index (χ3v) is 14.3. The third-order valence-electron chi connectivity index (χ3n) is 14.1. The molecule has 0 saturated carbocycles. The van der Waals surface area contributed by atoms with Gasteiger partial charge in [0.2, 0.25) is 22.2 Å². The number of ether oxygens (including phenoxy) is 10. The number of anilines is 2. The number of amides is 1. The second-order valence-corrected chi connectivity index (χ2v) is 22.6. The first kappa shape index (κ1) is 80.9. The van der Waals surface area contributed by atoms with Crippen molar-refractivity contribution in [1.82, 2.24) is 34.9 Å². The van der Waals surface area contributed by atoms with E-state index in [1.54, 1.807) is 24.3 Å². The maximum Gasteiger partial charge on any atom is 0.586 e. The summed E-state index contributed by atoms with van der Waals surface area (Å²) in [6.07, 6.45) is -0.0996. The lowest BCUT2D eigenvalue weighted by molar-refractivity contribution is -0.287. The molecule has 0 unspecified atom stereocenters. The summed E-state index contributed by atoms with van der Waals surface area (Å²) < 4.78 is 110. The summed E-state index contributed by atoms with van der Waals surface area (Å²) in [4.78, 5) is 104. The monoisotopic (exact) mass is 1530 g/mol. The fourth-order valence-corrected chi connectivity index (χ4v) is 9.23. The maximum absolute atomic E-state index is 13.3. The van der Waals surface area contributed by atoms with Gasteiger partial charge >= 0.3 is 35.4 Å². The molecule has 1 saturated heterocycles. The van der Waals surface area contributed by atoms with Crippen LogP contribution < -0.4 is 54.9 Å². The fourth-order valence-electron chi connectivity index (χ4n) is 9.05. The van der Waals surface area contributed by atoms with Gasteiger partial charge in [-0.25, -0.2) is 4.98 Å². The highest BCUT2D eigenvalue weighted by atomic mass is 32.1. The number of halogens is 4. The van der Waals surface area contributed by atoms with E-state index in [4.69, 9.17) is 60.4 Å². The molecular formula is C70H67F4N9O24S. The van der Waals surface area contributed by atoms with Crippen molar-refractivity contribution in [2.75, 3.05) is 49.7 Å². The topological polar surface area (TPSA) is 453 Å². The van der Waals surface area contributed by atoms with Gasteiger partial charge in [-0.05, 0) is 47.4 Å². The summed E-state index contributed by atoms with van der Waals surface area (Å²) in [5.41, 5.74) is 5.87. The number of pyridine rings is 7. The van der Waals surface area contributed by atoms with E-state index < -0.39 is 41.3 Å². The molecule has 9 N–H and O–H groups in total. The van der Waals surface area contributed by atoms with Gasteiger partial charge in [0.25, 0.3) is 5.91 Å². The highest BCUT2D eigenvalue weighted by Gasteiger charge is 2.45. The van der Waals surface area contributed by atoms with Gasteiger partial charge in [0, 0.05) is 124 Å². The second-order valence-electron chi connectivity index (χ2n) is 22.3. The lowest BCUT2D eigenvalue weighted by atomic mass is 10.00. The van der Waals surface area contributed by atoms with Crippen molar-refractivity contribution in [3.8, 4) is 57.3 Å². The minimum Gasteiger partial charge on any atom is -0.503 e. The van der Waals surface area contributed by atoms with E-state index in [9.17, 15) is 56.2 Å². The van der Waals surface area contributed by atoms with Crippen LogP contribution in [0.4, 0.5) is 29.1 Å². The first-order valence-electron chi connectivity index (χ1n) is 31.8. The lowest BCUT2D eigenvalue weighted by Crippen LogP contribution is -2.36. The van der Waals surface area contributed by atoms with Crippen LogP contribution in [0.15, 0.2) is 157 Å². The van der Waals surface area contributed by atoms with E-state index in [1.165, 1.54) is 51.4 Å². The van der Waals surface area contributed by atoms with Crippen molar-refractivity contribution in [2.24, 2.45) is 0 Å². The minimum atomic E-state index is -3.80. The summed E-state index contributed by atoms with van der Waals surface area (Å²) in [6.45, 7) is 8.22. The molecule has 3 aliphatic rings. The Morgan fingerprint density at radius 1 is 0.602 bits per heavy atom. The number of aliphatic hydroxyl groups is 3. The number of hydrogen-bond donors (Lipinski definition) is 9. The molecule has 0 bridgehead atoms. The van der Waals surface area contributed by atoms with Gasteiger partial charge in [-0.3, -0.25) is 43.5 Å². The Bertz CT molecular complexity index is 5020. The van der Waals surface area contributed by atoms with Gasteiger partial charge in [0.05, 0.1) is 68.7 Å². The average molecular weight is 1530 g/mol. The van der Waals surface area contributed by atoms with E-state index in [1.807, 2.05) is 49.4 Å². The van der Waals surface area contributed by atoms with Gasteiger partial charge in [-0.2, -0.15) is 4.98 Å². The number of aromatic hydroxyl groups is 2. The van der Waals surface area contributed by atoms with Crippen LogP contribution >= 0.6 is 12.2 Å². The molecule has 8 aromatic heterocycles. The molecule has 11 heterocycles. The Labute approximate surface area is 611 Å². The number of morpholine rings is 1. The molecule has 108 heavy (non-hydrogen) atoms. The molecular weight excluding hydrogens is 1460 g/mol. The number of nitrogens with zero attached hydrogens (tertiary/aromatic N) is 5. The molecule has 0 atom stereocenters. The number of carbonyl (C=O) groups is 4. The molecule has 33 nitrogen and oxygen atoms in total. The average Bonchev–Trinajstić information content (AvgIpc) is 1.78. The summed E-state index contributed by atoms with van der Waals surface area (Å²) in [5.74, 6) is -2.00. The number of H-pyrrole nitrogens is 3. The number of fused-ring (bicyclic) bond motifs is 3. The number of alkyl halides is 4. The number of rotatable bonds is 18. The molecule has 2 aromatic carbocycles. The Morgan fingerprint density at radius 3 is 1.75 bits per heavy atom. The second kappa shape index (κ2) is 38.3. The van der Waals surface area contributed by atoms with Crippen LogP contribution in [-0.2, 0) is 73.0 Å². The Morgan fingerprint density at radius 2 is 1.15 bits per heavy atom. The number of aryl methyl sites for hydroxylation is 1.